The van der Waals surface area contributed by atoms with Crippen LogP contribution in [0.3, 0.4) is 0 Å². The van der Waals surface area contributed by atoms with Crippen LogP contribution >= 0.6 is 0 Å². The molecule has 0 saturated heterocycles. The highest BCUT2D eigenvalue weighted by Gasteiger charge is 2.22. The SMILES string of the molecule is CCC(NC(=O)O)c1nc2ccc(F)cc2c(=O)n1-c1ccn[nH]1. The van der Waals surface area contributed by atoms with Gasteiger partial charge in [0, 0.05) is 6.07 Å². The molecule has 9 heteroatoms. The first-order chi connectivity index (χ1) is 11.5. The Labute approximate surface area is 135 Å². The highest BCUT2D eigenvalue weighted by atomic mass is 19.1. The van der Waals surface area contributed by atoms with Crippen molar-refractivity contribution in [3.05, 3.63) is 52.5 Å². The first-order valence-corrected chi connectivity index (χ1v) is 7.22. The molecule has 0 aliphatic carbocycles. The van der Waals surface area contributed by atoms with Gasteiger partial charge >= 0.3 is 6.09 Å². The van der Waals surface area contributed by atoms with Gasteiger partial charge in [-0.05, 0) is 24.6 Å². The van der Waals surface area contributed by atoms with Crippen molar-refractivity contribution in [1.82, 2.24) is 25.1 Å². The fourth-order valence-corrected chi connectivity index (χ4v) is 2.51. The number of benzene rings is 1. The van der Waals surface area contributed by atoms with Crippen LogP contribution in [-0.2, 0) is 0 Å². The maximum absolute atomic E-state index is 13.5. The van der Waals surface area contributed by atoms with Crippen LogP contribution in [0.1, 0.15) is 25.2 Å². The van der Waals surface area contributed by atoms with Crippen molar-refractivity contribution in [3.8, 4) is 5.82 Å². The molecule has 0 aliphatic rings. The molecule has 3 aromatic rings. The predicted octanol–water partition coefficient (Wildman–Crippen LogP) is 1.97. The molecule has 0 aliphatic heterocycles. The zero-order valence-corrected chi connectivity index (χ0v) is 12.7. The Morgan fingerprint density at radius 2 is 2.25 bits per heavy atom. The van der Waals surface area contributed by atoms with E-state index in [2.05, 4.69) is 20.5 Å². The van der Waals surface area contributed by atoms with Crippen LogP contribution in [0.5, 0.6) is 0 Å². The van der Waals surface area contributed by atoms with Crippen LogP contribution in [0, 0.1) is 5.82 Å². The maximum atomic E-state index is 13.5. The van der Waals surface area contributed by atoms with Crippen LogP contribution in [0.4, 0.5) is 9.18 Å². The van der Waals surface area contributed by atoms with Crippen molar-refractivity contribution >= 4 is 17.0 Å². The fraction of sp³-hybridized carbons (Fsp3) is 0.200. The molecule has 0 saturated carbocycles. The van der Waals surface area contributed by atoms with Gasteiger partial charge in [-0.2, -0.15) is 5.10 Å². The third-order valence-corrected chi connectivity index (χ3v) is 3.60. The number of H-pyrrole nitrogens is 1. The van der Waals surface area contributed by atoms with E-state index in [1.54, 1.807) is 13.0 Å². The van der Waals surface area contributed by atoms with Crippen molar-refractivity contribution in [1.29, 1.82) is 0 Å². The number of hydrogen-bond acceptors (Lipinski definition) is 4. The molecule has 3 N–H and O–H groups in total. The number of aromatic nitrogens is 4. The predicted molar refractivity (Wildman–Crippen MR) is 83.6 cm³/mol. The normalized spacial score (nSPS) is 12.2. The molecule has 8 nitrogen and oxygen atoms in total. The van der Waals surface area contributed by atoms with E-state index >= 15 is 0 Å². The molecule has 2 heterocycles. The molecule has 24 heavy (non-hydrogen) atoms. The van der Waals surface area contributed by atoms with Crippen LogP contribution in [0.15, 0.2) is 35.3 Å². The molecular weight excluding hydrogens is 317 g/mol. The Balaban J connectivity index is 2.34. The summed E-state index contributed by atoms with van der Waals surface area (Å²) in [4.78, 5) is 28.3. The van der Waals surface area contributed by atoms with Crippen molar-refractivity contribution in [3.63, 3.8) is 0 Å². The summed E-state index contributed by atoms with van der Waals surface area (Å²) >= 11 is 0. The van der Waals surface area contributed by atoms with E-state index in [0.717, 1.165) is 6.07 Å². The number of nitrogens with one attached hydrogen (secondary N) is 2. The second-order valence-corrected chi connectivity index (χ2v) is 5.12. The smallest absolute Gasteiger partial charge is 0.405 e. The Morgan fingerprint density at radius 3 is 2.88 bits per heavy atom. The van der Waals surface area contributed by atoms with Crippen LogP contribution in [-0.4, -0.2) is 30.9 Å². The lowest BCUT2D eigenvalue weighted by molar-refractivity contribution is 0.188. The number of halogens is 1. The first kappa shape index (κ1) is 15.7. The van der Waals surface area contributed by atoms with Gasteiger partial charge in [0.2, 0.25) is 0 Å². The summed E-state index contributed by atoms with van der Waals surface area (Å²) in [5, 5.41) is 17.9. The summed E-state index contributed by atoms with van der Waals surface area (Å²) in [5.41, 5.74) is -0.220. The highest BCUT2D eigenvalue weighted by molar-refractivity contribution is 5.78. The van der Waals surface area contributed by atoms with E-state index in [0.29, 0.717) is 12.2 Å². The summed E-state index contributed by atoms with van der Waals surface area (Å²) in [6, 6.07) is 4.52. The minimum absolute atomic E-state index is 0.0959. The lowest BCUT2D eigenvalue weighted by atomic mass is 10.1. The number of rotatable bonds is 4. The molecule has 0 bridgehead atoms. The largest absolute Gasteiger partial charge is 0.465 e. The van der Waals surface area contributed by atoms with E-state index in [9.17, 15) is 14.0 Å². The lowest BCUT2D eigenvalue weighted by Gasteiger charge is -2.19. The van der Waals surface area contributed by atoms with Crippen molar-refractivity contribution in [2.75, 3.05) is 0 Å². The number of carboxylic acid groups (broad SMARTS) is 1. The van der Waals surface area contributed by atoms with Gasteiger partial charge in [-0.1, -0.05) is 6.92 Å². The number of amides is 1. The van der Waals surface area contributed by atoms with Crippen LogP contribution < -0.4 is 10.9 Å². The molecule has 0 spiro atoms. The molecule has 1 atom stereocenters. The van der Waals surface area contributed by atoms with Crippen molar-refractivity contribution in [2.45, 2.75) is 19.4 Å². The molecule has 1 aromatic carbocycles. The third-order valence-electron chi connectivity index (χ3n) is 3.60. The Kier molecular flexibility index (Phi) is 3.98. The van der Waals surface area contributed by atoms with Crippen LogP contribution in [0.2, 0.25) is 0 Å². The number of nitrogens with zero attached hydrogens (tertiary/aromatic N) is 3. The van der Waals surface area contributed by atoms with Gasteiger partial charge in [0.1, 0.15) is 17.5 Å². The molecule has 0 radical (unpaired) electrons. The average Bonchev–Trinajstić information content (AvgIpc) is 3.07. The maximum Gasteiger partial charge on any atom is 0.405 e. The number of carbonyl (C=O) groups is 1. The number of hydrogen-bond donors (Lipinski definition) is 3. The van der Waals surface area contributed by atoms with Gasteiger partial charge in [-0.25, -0.2) is 18.7 Å². The van der Waals surface area contributed by atoms with E-state index in [-0.39, 0.29) is 16.7 Å². The second kappa shape index (κ2) is 6.11. The summed E-state index contributed by atoms with van der Waals surface area (Å²) in [7, 11) is 0. The van der Waals surface area contributed by atoms with E-state index in [1.807, 2.05) is 0 Å². The third kappa shape index (κ3) is 2.71. The van der Waals surface area contributed by atoms with E-state index < -0.39 is 23.5 Å². The summed E-state index contributed by atoms with van der Waals surface area (Å²) in [5.74, 6) is -0.0337. The Morgan fingerprint density at radius 1 is 1.46 bits per heavy atom. The second-order valence-electron chi connectivity index (χ2n) is 5.12. The molecule has 124 valence electrons. The molecule has 0 fully saturated rings. The minimum atomic E-state index is -1.23. The van der Waals surface area contributed by atoms with Crippen LogP contribution in [0.25, 0.3) is 16.7 Å². The summed E-state index contributed by atoms with van der Waals surface area (Å²) in [6.45, 7) is 1.76. The van der Waals surface area contributed by atoms with Crippen molar-refractivity contribution in [2.24, 2.45) is 0 Å². The monoisotopic (exact) mass is 331 g/mol. The van der Waals surface area contributed by atoms with Gasteiger partial charge in [0.15, 0.2) is 0 Å². The summed E-state index contributed by atoms with van der Waals surface area (Å²) < 4.78 is 14.7. The quantitative estimate of drug-likeness (QED) is 0.676. The zero-order chi connectivity index (χ0) is 17.3. The fourth-order valence-electron chi connectivity index (χ4n) is 2.51. The van der Waals surface area contributed by atoms with E-state index in [1.165, 1.54) is 22.9 Å². The summed E-state index contributed by atoms with van der Waals surface area (Å²) in [6.07, 6.45) is 0.596. The molecule has 1 unspecified atom stereocenters. The van der Waals surface area contributed by atoms with Crippen molar-refractivity contribution < 1.29 is 14.3 Å². The average molecular weight is 331 g/mol. The van der Waals surface area contributed by atoms with Gasteiger partial charge in [0.05, 0.1) is 23.1 Å². The topological polar surface area (TPSA) is 113 Å². The van der Waals surface area contributed by atoms with Gasteiger partial charge in [-0.15, -0.1) is 0 Å². The number of aromatic amines is 1. The number of fused-ring (bicyclic) bond motifs is 1. The highest BCUT2D eigenvalue weighted by Crippen LogP contribution is 2.19. The standard InChI is InChI=1S/C15H14FN5O3/c1-2-10(19-15(23)24)13-18-11-4-3-8(16)7-9(11)14(22)21(13)12-5-6-17-20-12/h3-7,10,19H,2H2,1H3,(H,17,20)(H,23,24). The molecular formula is C15H14FN5O3. The lowest BCUT2D eigenvalue weighted by Crippen LogP contribution is -2.33. The van der Waals surface area contributed by atoms with Gasteiger partial charge < -0.3 is 10.4 Å². The molecule has 1 amide bonds. The zero-order valence-electron chi connectivity index (χ0n) is 12.7. The van der Waals surface area contributed by atoms with E-state index in [4.69, 9.17) is 5.11 Å². The first-order valence-electron chi connectivity index (χ1n) is 7.22. The van der Waals surface area contributed by atoms with Gasteiger partial charge in [-0.3, -0.25) is 9.89 Å². The molecule has 2 aromatic heterocycles. The minimum Gasteiger partial charge on any atom is -0.465 e. The van der Waals surface area contributed by atoms with Gasteiger partial charge in [0.25, 0.3) is 5.56 Å². The Hall–Kier alpha value is -3.23. The molecule has 3 rings (SSSR count). The Bertz CT molecular complexity index is 952.